The summed E-state index contributed by atoms with van der Waals surface area (Å²) in [7, 11) is -4.39. The van der Waals surface area contributed by atoms with Crippen LogP contribution in [0.15, 0.2) is 23.1 Å². The molecule has 5 nitrogen and oxygen atoms in total. The number of benzene rings is 1. The van der Waals surface area contributed by atoms with Crippen molar-refractivity contribution >= 4 is 10.1 Å². The number of rotatable bonds is 3. The van der Waals surface area contributed by atoms with Gasteiger partial charge in [0.1, 0.15) is 27.6 Å². The molecule has 20 heavy (non-hydrogen) atoms. The third-order valence-electron chi connectivity index (χ3n) is 2.03. The third-order valence-corrected chi connectivity index (χ3v) is 2.91. The molecule has 0 amide bonds. The van der Waals surface area contributed by atoms with E-state index in [1.165, 1.54) is 12.1 Å². The highest BCUT2D eigenvalue weighted by Gasteiger charge is 2.23. The van der Waals surface area contributed by atoms with Gasteiger partial charge in [0.05, 0.1) is 0 Å². The molecule has 0 aromatic heterocycles. The molecule has 0 saturated heterocycles. The second kappa shape index (κ2) is 5.26. The van der Waals surface area contributed by atoms with E-state index in [1.54, 1.807) is 26.8 Å². The van der Waals surface area contributed by atoms with Gasteiger partial charge in [0.2, 0.25) is 0 Å². The normalized spacial score (nSPS) is 13.2. The van der Waals surface area contributed by atoms with Crippen LogP contribution < -0.4 is 9.47 Å². The second-order valence-electron chi connectivity index (χ2n) is 6.51. The van der Waals surface area contributed by atoms with Gasteiger partial charge in [-0.3, -0.25) is 4.55 Å². The van der Waals surface area contributed by atoms with Gasteiger partial charge in [0.15, 0.2) is 0 Å². The summed E-state index contributed by atoms with van der Waals surface area (Å²) in [5.41, 5.74) is -1.05. The molecule has 0 spiro atoms. The molecular weight excluding hydrogens is 280 g/mol. The molecule has 0 aliphatic rings. The van der Waals surface area contributed by atoms with Gasteiger partial charge in [-0.15, -0.1) is 0 Å². The molecule has 114 valence electrons. The van der Waals surface area contributed by atoms with Gasteiger partial charge in [-0.25, -0.2) is 0 Å². The van der Waals surface area contributed by atoms with Crippen LogP contribution in [0, 0.1) is 0 Å². The van der Waals surface area contributed by atoms with E-state index in [-0.39, 0.29) is 10.6 Å². The van der Waals surface area contributed by atoms with E-state index in [0.717, 1.165) is 0 Å². The Bertz CT molecular complexity index is 577. The Kier molecular flexibility index (Phi) is 4.41. The van der Waals surface area contributed by atoms with Crippen LogP contribution in [-0.4, -0.2) is 24.2 Å². The lowest BCUT2D eigenvalue weighted by Crippen LogP contribution is -2.25. The van der Waals surface area contributed by atoms with Crippen molar-refractivity contribution in [1.29, 1.82) is 0 Å². The van der Waals surface area contributed by atoms with Crippen molar-refractivity contribution in [1.82, 2.24) is 0 Å². The molecule has 0 radical (unpaired) electrons. The quantitative estimate of drug-likeness (QED) is 0.867. The highest BCUT2D eigenvalue weighted by atomic mass is 32.2. The third kappa shape index (κ3) is 5.38. The zero-order chi connectivity index (χ0) is 15.8. The van der Waals surface area contributed by atoms with Gasteiger partial charge in [-0.1, -0.05) is 0 Å². The first-order valence-corrected chi connectivity index (χ1v) is 7.71. The summed E-state index contributed by atoms with van der Waals surface area (Å²) in [6.45, 7) is 10.9. The highest BCUT2D eigenvalue weighted by molar-refractivity contribution is 7.86. The smallest absolute Gasteiger partial charge is 0.298 e. The van der Waals surface area contributed by atoms with Crippen molar-refractivity contribution in [2.75, 3.05) is 0 Å². The molecular formula is C14H22O5S. The van der Waals surface area contributed by atoms with Crippen molar-refractivity contribution in [3.8, 4) is 11.5 Å². The van der Waals surface area contributed by atoms with E-state index in [4.69, 9.17) is 9.47 Å². The maximum atomic E-state index is 11.5. The van der Waals surface area contributed by atoms with Gasteiger partial charge in [-0.05, 0) is 53.7 Å². The summed E-state index contributed by atoms with van der Waals surface area (Å²) >= 11 is 0. The van der Waals surface area contributed by atoms with Crippen LogP contribution in [0.25, 0.3) is 0 Å². The Balaban J connectivity index is 3.28. The molecule has 0 saturated carbocycles. The molecule has 1 aromatic carbocycles. The average Bonchev–Trinajstić information content (AvgIpc) is 2.14. The highest BCUT2D eigenvalue weighted by Crippen LogP contribution is 2.32. The molecule has 0 aliphatic heterocycles. The Labute approximate surface area is 120 Å². The zero-order valence-corrected chi connectivity index (χ0v) is 13.5. The molecule has 0 bridgehead atoms. The summed E-state index contributed by atoms with van der Waals surface area (Å²) in [5.74, 6) is 0.452. The molecule has 0 unspecified atom stereocenters. The monoisotopic (exact) mass is 302 g/mol. The van der Waals surface area contributed by atoms with Crippen molar-refractivity contribution in [3.63, 3.8) is 0 Å². The summed E-state index contributed by atoms with van der Waals surface area (Å²) in [6.07, 6.45) is 0. The Morgan fingerprint density at radius 2 is 1.45 bits per heavy atom. The molecule has 1 rings (SSSR count). The number of hydrogen-bond donors (Lipinski definition) is 1. The lowest BCUT2D eigenvalue weighted by molar-refractivity contribution is 0.121. The van der Waals surface area contributed by atoms with Crippen LogP contribution in [0.2, 0.25) is 0 Å². The van der Waals surface area contributed by atoms with Gasteiger partial charge in [0.25, 0.3) is 10.1 Å². The topological polar surface area (TPSA) is 72.8 Å². The maximum absolute atomic E-state index is 11.5. The van der Waals surface area contributed by atoms with Crippen LogP contribution in [0.3, 0.4) is 0 Å². The zero-order valence-electron chi connectivity index (χ0n) is 12.7. The Morgan fingerprint density at radius 1 is 0.950 bits per heavy atom. The standard InChI is InChI=1S/C14H22O5S/c1-13(2,3)18-10-7-8-11(19-14(4,5)6)12(9-10)20(15,16)17/h7-9H,1-6H3,(H,15,16,17). The van der Waals surface area contributed by atoms with Gasteiger partial charge >= 0.3 is 0 Å². The predicted octanol–water partition coefficient (Wildman–Crippen LogP) is 3.29. The first-order valence-electron chi connectivity index (χ1n) is 6.27. The molecule has 0 heterocycles. The van der Waals surface area contributed by atoms with Crippen molar-refractivity contribution in [2.24, 2.45) is 0 Å². The first kappa shape index (κ1) is 16.8. The van der Waals surface area contributed by atoms with E-state index < -0.39 is 21.3 Å². The summed E-state index contributed by atoms with van der Waals surface area (Å²) in [4.78, 5) is -0.297. The molecule has 1 N–H and O–H groups in total. The van der Waals surface area contributed by atoms with Crippen LogP contribution in [-0.2, 0) is 10.1 Å². The van der Waals surface area contributed by atoms with E-state index in [2.05, 4.69) is 0 Å². The fourth-order valence-corrected chi connectivity index (χ4v) is 2.15. The van der Waals surface area contributed by atoms with Crippen molar-refractivity contribution < 1.29 is 22.4 Å². The van der Waals surface area contributed by atoms with E-state index >= 15 is 0 Å². The van der Waals surface area contributed by atoms with Gasteiger partial charge < -0.3 is 9.47 Å². The van der Waals surface area contributed by atoms with Gasteiger partial charge in [-0.2, -0.15) is 8.42 Å². The summed E-state index contributed by atoms with van der Waals surface area (Å²) in [5, 5.41) is 0. The molecule has 6 heteroatoms. The minimum atomic E-state index is -4.39. The molecule has 1 aromatic rings. The van der Waals surface area contributed by atoms with E-state index in [0.29, 0.717) is 5.75 Å². The number of hydrogen-bond acceptors (Lipinski definition) is 4. The molecule has 0 fully saturated rings. The van der Waals surface area contributed by atoms with Crippen molar-refractivity contribution in [3.05, 3.63) is 18.2 Å². The Hall–Kier alpha value is -1.27. The number of ether oxygens (including phenoxy) is 2. The lowest BCUT2D eigenvalue weighted by atomic mass is 10.2. The average molecular weight is 302 g/mol. The maximum Gasteiger partial charge on any atom is 0.298 e. The van der Waals surface area contributed by atoms with Crippen LogP contribution >= 0.6 is 0 Å². The first-order chi connectivity index (χ1) is 8.78. The van der Waals surface area contributed by atoms with Crippen LogP contribution in [0.4, 0.5) is 0 Å². The Morgan fingerprint density at radius 3 is 1.85 bits per heavy atom. The minimum absolute atomic E-state index is 0.0984. The predicted molar refractivity (Wildman–Crippen MR) is 77.0 cm³/mol. The van der Waals surface area contributed by atoms with E-state index in [9.17, 15) is 13.0 Å². The second-order valence-corrected chi connectivity index (χ2v) is 7.90. The van der Waals surface area contributed by atoms with Crippen LogP contribution in [0.5, 0.6) is 11.5 Å². The fraction of sp³-hybridized carbons (Fsp3) is 0.571. The van der Waals surface area contributed by atoms with Crippen LogP contribution in [0.1, 0.15) is 41.5 Å². The SMILES string of the molecule is CC(C)(C)Oc1ccc(OC(C)(C)C)c(S(=O)(=O)O)c1. The summed E-state index contributed by atoms with van der Waals surface area (Å²) < 4.78 is 43.4. The van der Waals surface area contributed by atoms with Crippen molar-refractivity contribution in [2.45, 2.75) is 57.6 Å². The largest absolute Gasteiger partial charge is 0.488 e. The summed E-state index contributed by atoms with van der Waals surface area (Å²) in [6, 6.07) is 4.36. The molecule has 0 atom stereocenters. The molecule has 0 aliphatic carbocycles. The van der Waals surface area contributed by atoms with Gasteiger partial charge in [0, 0.05) is 6.07 Å². The minimum Gasteiger partial charge on any atom is -0.488 e. The fourth-order valence-electron chi connectivity index (χ4n) is 1.52. The van der Waals surface area contributed by atoms with E-state index in [1.807, 2.05) is 20.8 Å². The lowest BCUT2D eigenvalue weighted by Gasteiger charge is -2.24.